The Balaban J connectivity index is 1.34. The molecule has 0 spiro atoms. The van der Waals surface area contributed by atoms with Gasteiger partial charge in [-0.05, 0) is 60.6 Å². The molecule has 0 aliphatic heterocycles. The van der Waals surface area contributed by atoms with Gasteiger partial charge < -0.3 is 30.2 Å². The fourth-order valence-electron chi connectivity index (χ4n) is 5.43. The third-order valence-corrected chi connectivity index (χ3v) is 7.98. The lowest BCUT2D eigenvalue weighted by molar-refractivity contribution is -0.145. The Labute approximate surface area is 282 Å². The first kappa shape index (κ1) is 35.7. The summed E-state index contributed by atoms with van der Waals surface area (Å²) in [5.74, 6) is -1.06. The number of fused-ring (bicyclic) bond motifs is 1. The standard InChI is InChI=1S/C39H45N3O6/c1-3-5-16-38(45)48-27-33(22-31-24-40-36-15-10-9-14-35(31)36)42-39(46)30(11-4-2)23-37(44)41-32(25-43)21-28-17-19-34(20-18-28)47-26-29-12-7-6-8-13-29/h3-4,6-10,12-15,17-20,24,30,32-33,40,43H,1-2,5,11,16,21-23,25-27H2,(H,41,44)(H,42,46). The Morgan fingerprint density at radius 3 is 2.33 bits per heavy atom. The van der Waals surface area contributed by atoms with Crippen LogP contribution < -0.4 is 15.4 Å². The number of aromatic amines is 1. The Kier molecular flexibility index (Phi) is 14.0. The molecule has 0 radical (unpaired) electrons. The minimum absolute atomic E-state index is 0.0170. The molecule has 3 unspecified atom stereocenters. The number of allylic oxidation sites excluding steroid dienone is 2. The topological polar surface area (TPSA) is 130 Å². The lowest BCUT2D eigenvalue weighted by Crippen LogP contribution is -2.45. The Morgan fingerprint density at radius 1 is 0.854 bits per heavy atom. The van der Waals surface area contributed by atoms with Crippen molar-refractivity contribution in [3.05, 3.63) is 127 Å². The number of hydrogen-bond acceptors (Lipinski definition) is 6. The third kappa shape index (κ3) is 11.3. The lowest BCUT2D eigenvalue weighted by Gasteiger charge is -2.23. The largest absolute Gasteiger partial charge is 0.489 e. The number of nitrogens with one attached hydrogen (secondary N) is 3. The maximum Gasteiger partial charge on any atom is 0.306 e. The molecule has 0 bridgehead atoms. The summed E-state index contributed by atoms with van der Waals surface area (Å²) in [5.41, 5.74) is 3.93. The second-order valence-electron chi connectivity index (χ2n) is 11.8. The molecule has 3 aromatic carbocycles. The number of carbonyl (C=O) groups excluding carboxylic acids is 3. The van der Waals surface area contributed by atoms with Gasteiger partial charge in [0.15, 0.2) is 0 Å². The molecular formula is C39H45N3O6. The molecule has 3 atom stereocenters. The van der Waals surface area contributed by atoms with Gasteiger partial charge in [-0.3, -0.25) is 14.4 Å². The molecule has 4 aromatic rings. The average molecular weight is 652 g/mol. The number of carbonyl (C=O) groups is 3. The molecule has 0 saturated carbocycles. The van der Waals surface area contributed by atoms with Crippen molar-refractivity contribution in [1.29, 1.82) is 0 Å². The fraction of sp³-hybridized carbons (Fsp3) is 0.308. The van der Waals surface area contributed by atoms with Crippen LogP contribution in [0, 0.1) is 5.92 Å². The molecule has 4 rings (SSSR count). The van der Waals surface area contributed by atoms with Gasteiger partial charge in [-0.15, -0.1) is 13.2 Å². The number of aromatic nitrogens is 1. The van der Waals surface area contributed by atoms with E-state index in [2.05, 4.69) is 28.8 Å². The molecule has 9 nitrogen and oxygen atoms in total. The average Bonchev–Trinajstić information content (AvgIpc) is 3.51. The van der Waals surface area contributed by atoms with Crippen LogP contribution in [0.1, 0.15) is 42.4 Å². The van der Waals surface area contributed by atoms with Crippen LogP contribution in [0.2, 0.25) is 0 Å². The lowest BCUT2D eigenvalue weighted by atomic mass is 9.97. The highest BCUT2D eigenvalue weighted by Gasteiger charge is 2.26. The van der Waals surface area contributed by atoms with E-state index in [1.54, 1.807) is 12.2 Å². The molecule has 1 heterocycles. The molecule has 0 aliphatic carbocycles. The number of aliphatic hydroxyl groups is 1. The van der Waals surface area contributed by atoms with E-state index in [1.165, 1.54) is 0 Å². The van der Waals surface area contributed by atoms with Crippen molar-refractivity contribution in [3.8, 4) is 5.75 Å². The zero-order chi connectivity index (χ0) is 34.1. The number of rotatable bonds is 20. The minimum atomic E-state index is -0.704. The predicted molar refractivity (Wildman–Crippen MR) is 187 cm³/mol. The van der Waals surface area contributed by atoms with E-state index in [4.69, 9.17) is 9.47 Å². The zero-order valence-electron chi connectivity index (χ0n) is 27.2. The second-order valence-corrected chi connectivity index (χ2v) is 11.8. The van der Waals surface area contributed by atoms with Crippen LogP contribution in [-0.4, -0.2) is 53.2 Å². The van der Waals surface area contributed by atoms with E-state index in [9.17, 15) is 19.5 Å². The summed E-state index contributed by atoms with van der Waals surface area (Å²) in [6, 6.07) is 24.2. The first-order chi connectivity index (χ1) is 23.4. The van der Waals surface area contributed by atoms with Crippen molar-refractivity contribution >= 4 is 28.7 Å². The monoisotopic (exact) mass is 651 g/mol. The molecule has 0 saturated heterocycles. The van der Waals surface area contributed by atoms with Crippen LogP contribution >= 0.6 is 0 Å². The van der Waals surface area contributed by atoms with Crippen molar-refractivity contribution in [2.45, 2.75) is 57.2 Å². The van der Waals surface area contributed by atoms with E-state index in [0.29, 0.717) is 25.9 Å². The van der Waals surface area contributed by atoms with E-state index in [0.717, 1.165) is 33.3 Å². The quantitative estimate of drug-likeness (QED) is 0.0729. The van der Waals surface area contributed by atoms with Gasteiger partial charge in [0.2, 0.25) is 11.8 Å². The van der Waals surface area contributed by atoms with Crippen molar-refractivity contribution < 1.29 is 29.0 Å². The number of aliphatic hydroxyl groups excluding tert-OH is 1. The van der Waals surface area contributed by atoms with Crippen LogP contribution in [0.4, 0.5) is 0 Å². The van der Waals surface area contributed by atoms with Gasteiger partial charge in [0.25, 0.3) is 0 Å². The van der Waals surface area contributed by atoms with Crippen molar-refractivity contribution in [1.82, 2.24) is 15.6 Å². The van der Waals surface area contributed by atoms with Crippen molar-refractivity contribution in [2.24, 2.45) is 5.92 Å². The summed E-state index contributed by atoms with van der Waals surface area (Å²) in [5, 5.41) is 16.9. The van der Waals surface area contributed by atoms with Crippen LogP contribution in [0.5, 0.6) is 5.75 Å². The fourth-order valence-corrected chi connectivity index (χ4v) is 5.43. The Hall–Kier alpha value is -5.15. The van der Waals surface area contributed by atoms with E-state index in [-0.39, 0.29) is 50.3 Å². The summed E-state index contributed by atoms with van der Waals surface area (Å²) in [6.07, 6.45) is 6.84. The molecule has 2 amide bonds. The number of hydrogen-bond donors (Lipinski definition) is 4. The van der Waals surface area contributed by atoms with E-state index < -0.39 is 18.0 Å². The highest BCUT2D eigenvalue weighted by molar-refractivity contribution is 5.86. The maximum absolute atomic E-state index is 13.5. The normalized spacial score (nSPS) is 12.8. The van der Waals surface area contributed by atoms with Gasteiger partial charge in [0.1, 0.15) is 19.0 Å². The predicted octanol–water partition coefficient (Wildman–Crippen LogP) is 5.59. The number of amides is 2. The molecule has 1 aromatic heterocycles. The summed E-state index contributed by atoms with van der Waals surface area (Å²) in [6.45, 7) is 7.60. The molecule has 0 aliphatic rings. The van der Waals surface area contributed by atoms with E-state index >= 15 is 0 Å². The van der Waals surface area contributed by atoms with Crippen LogP contribution in [0.3, 0.4) is 0 Å². The number of benzene rings is 3. The summed E-state index contributed by atoms with van der Waals surface area (Å²) in [7, 11) is 0. The summed E-state index contributed by atoms with van der Waals surface area (Å²) < 4.78 is 11.4. The van der Waals surface area contributed by atoms with Gasteiger partial charge in [0.05, 0.1) is 24.6 Å². The van der Waals surface area contributed by atoms with Gasteiger partial charge in [-0.25, -0.2) is 0 Å². The van der Waals surface area contributed by atoms with Gasteiger partial charge in [-0.2, -0.15) is 0 Å². The van der Waals surface area contributed by atoms with Gasteiger partial charge >= 0.3 is 5.97 Å². The van der Waals surface area contributed by atoms with Crippen LogP contribution in [0.25, 0.3) is 10.9 Å². The van der Waals surface area contributed by atoms with Crippen LogP contribution in [0.15, 0.2) is 110 Å². The smallest absolute Gasteiger partial charge is 0.306 e. The first-order valence-electron chi connectivity index (χ1n) is 16.3. The molecule has 0 fully saturated rings. The first-order valence-corrected chi connectivity index (χ1v) is 16.3. The number of ether oxygens (including phenoxy) is 2. The minimum Gasteiger partial charge on any atom is -0.489 e. The highest BCUT2D eigenvalue weighted by atomic mass is 16.5. The van der Waals surface area contributed by atoms with Gasteiger partial charge in [-0.1, -0.05) is 72.8 Å². The second kappa shape index (κ2) is 18.9. The third-order valence-electron chi connectivity index (χ3n) is 7.98. The zero-order valence-corrected chi connectivity index (χ0v) is 27.2. The number of H-pyrrole nitrogens is 1. The number of para-hydroxylation sites is 1. The SMILES string of the molecule is C=CCCC(=O)OCC(Cc1c[nH]c2ccccc12)NC(=O)C(CC=C)CC(=O)NC(CO)Cc1ccc(OCc2ccccc2)cc1. The molecular weight excluding hydrogens is 606 g/mol. The van der Waals surface area contributed by atoms with E-state index in [1.807, 2.05) is 85.1 Å². The van der Waals surface area contributed by atoms with Crippen LogP contribution in [-0.2, 0) is 38.6 Å². The number of esters is 1. The van der Waals surface area contributed by atoms with Crippen molar-refractivity contribution in [3.63, 3.8) is 0 Å². The maximum atomic E-state index is 13.5. The molecule has 9 heteroatoms. The Morgan fingerprint density at radius 2 is 1.60 bits per heavy atom. The highest BCUT2D eigenvalue weighted by Crippen LogP contribution is 2.20. The summed E-state index contributed by atoms with van der Waals surface area (Å²) in [4.78, 5) is 42.2. The van der Waals surface area contributed by atoms with Crippen molar-refractivity contribution in [2.75, 3.05) is 13.2 Å². The molecule has 48 heavy (non-hydrogen) atoms. The Bertz CT molecular complexity index is 1630. The van der Waals surface area contributed by atoms with Gasteiger partial charge in [0, 0.05) is 29.9 Å². The summed E-state index contributed by atoms with van der Waals surface area (Å²) >= 11 is 0. The molecule has 4 N–H and O–H groups in total. The molecule has 252 valence electrons.